The van der Waals surface area contributed by atoms with Crippen LogP contribution in [0.15, 0.2) is 30.5 Å². The molecular weight excluding hydrogens is 252 g/mol. The Morgan fingerprint density at radius 2 is 1.95 bits per heavy atom. The van der Waals surface area contributed by atoms with Crippen LogP contribution in [0.4, 0.5) is 0 Å². The minimum absolute atomic E-state index is 0.383. The lowest BCUT2D eigenvalue weighted by molar-refractivity contribution is 0.536. The summed E-state index contributed by atoms with van der Waals surface area (Å²) in [4.78, 5) is 5.72. The van der Waals surface area contributed by atoms with Gasteiger partial charge in [-0.25, -0.2) is 4.98 Å². The van der Waals surface area contributed by atoms with Gasteiger partial charge in [0.2, 0.25) is 0 Å². The Bertz CT molecular complexity index is 502. The molecule has 2 nitrogen and oxygen atoms in total. The van der Waals surface area contributed by atoms with Gasteiger partial charge in [0.25, 0.3) is 0 Å². The summed E-state index contributed by atoms with van der Waals surface area (Å²) in [5.41, 5.74) is 2.70. The third-order valence-electron chi connectivity index (χ3n) is 3.18. The molecule has 102 valence electrons. The van der Waals surface area contributed by atoms with Crippen molar-refractivity contribution >= 4 is 11.3 Å². The number of thiazole rings is 1. The van der Waals surface area contributed by atoms with Gasteiger partial charge in [0, 0.05) is 17.1 Å². The number of aryl methyl sites for hydroxylation is 2. The zero-order valence-corrected chi connectivity index (χ0v) is 12.8. The number of benzene rings is 1. The first-order valence-electron chi connectivity index (χ1n) is 6.90. The molecule has 1 aromatic carbocycles. The number of hydrogen-bond acceptors (Lipinski definition) is 3. The second-order valence-corrected chi connectivity index (χ2v) is 6.24. The molecule has 0 saturated heterocycles. The molecule has 0 spiro atoms. The predicted molar refractivity (Wildman–Crippen MR) is 82.8 cm³/mol. The average Bonchev–Trinajstić information content (AvgIpc) is 2.83. The SMILES string of the molecule is CCCNC(Cc1ccc(C)cc1)c1cnc(C)s1. The van der Waals surface area contributed by atoms with Crippen LogP contribution in [0, 0.1) is 13.8 Å². The fourth-order valence-corrected chi connectivity index (χ4v) is 2.95. The monoisotopic (exact) mass is 274 g/mol. The van der Waals surface area contributed by atoms with E-state index >= 15 is 0 Å². The summed E-state index contributed by atoms with van der Waals surface area (Å²) in [6.45, 7) is 7.45. The van der Waals surface area contributed by atoms with Crippen LogP contribution in [0.3, 0.4) is 0 Å². The molecule has 0 bridgehead atoms. The van der Waals surface area contributed by atoms with Crippen LogP contribution in [0.2, 0.25) is 0 Å². The van der Waals surface area contributed by atoms with Crippen molar-refractivity contribution in [3.05, 3.63) is 51.5 Å². The van der Waals surface area contributed by atoms with E-state index in [1.165, 1.54) is 16.0 Å². The molecular formula is C16H22N2S. The fraction of sp³-hybridized carbons (Fsp3) is 0.438. The second-order valence-electron chi connectivity index (χ2n) is 4.98. The summed E-state index contributed by atoms with van der Waals surface area (Å²) >= 11 is 1.80. The quantitative estimate of drug-likeness (QED) is 0.860. The summed E-state index contributed by atoms with van der Waals surface area (Å²) in [5, 5.41) is 4.77. The first-order chi connectivity index (χ1) is 9.19. The third-order valence-corrected chi connectivity index (χ3v) is 4.21. The predicted octanol–water partition coefficient (Wildman–Crippen LogP) is 4.04. The van der Waals surface area contributed by atoms with Crippen LogP contribution in [0.25, 0.3) is 0 Å². The molecule has 0 aliphatic heterocycles. The van der Waals surface area contributed by atoms with Crippen molar-refractivity contribution < 1.29 is 0 Å². The highest BCUT2D eigenvalue weighted by Gasteiger charge is 2.14. The van der Waals surface area contributed by atoms with Crippen molar-refractivity contribution in [1.29, 1.82) is 0 Å². The van der Waals surface area contributed by atoms with E-state index in [4.69, 9.17) is 0 Å². The number of nitrogens with one attached hydrogen (secondary N) is 1. The Balaban J connectivity index is 2.11. The van der Waals surface area contributed by atoms with Gasteiger partial charge < -0.3 is 5.32 Å². The molecule has 1 atom stereocenters. The number of hydrogen-bond donors (Lipinski definition) is 1. The van der Waals surface area contributed by atoms with E-state index in [1.54, 1.807) is 11.3 Å². The largest absolute Gasteiger partial charge is 0.309 e. The first-order valence-corrected chi connectivity index (χ1v) is 7.72. The Kier molecular flexibility index (Phi) is 5.11. The zero-order chi connectivity index (χ0) is 13.7. The Morgan fingerprint density at radius 3 is 2.53 bits per heavy atom. The van der Waals surface area contributed by atoms with Crippen LogP contribution in [-0.4, -0.2) is 11.5 Å². The van der Waals surface area contributed by atoms with Crippen molar-refractivity contribution in [2.45, 2.75) is 39.7 Å². The molecule has 0 saturated carbocycles. The average molecular weight is 274 g/mol. The highest BCUT2D eigenvalue weighted by molar-refractivity contribution is 7.11. The van der Waals surface area contributed by atoms with Crippen molar-refractivity contribution in [2.75, 3.05) is 6.54 Å². The van der Waals surface area contributed by atoms with Crippen molar-refractivity contribution in [2.24, 2.45) is 0 Å². The second kappa shape index (κ2) is 6.83. The lowest BCUT2D eigenvalue weighted by atomic mass is 10.0. The standard InChI is InChI=1S/C16H22N2S/c1-4-9-17-15(16-11-18-13(3)19-16)10-14-7-5-12(2)6-8-14/h5-8,11,15,17H,4,9-10H2,1-3H3. The lowest BCUT2D eigenvalue weighted by Gasteiger charge is -2.17. The summed E-state index contributed by atoms with van der Waals surface area (Å²) in [6, 6.07) is 9.20. The fourth-order valence-electron chi connectivity index (χ4n) is 2.09. The Hall–Kier alpha value is -1.19. The topological polar surface area (TPSA) is 24.9 Å². The van der Waals surface area contributed by atoms with E-state index < -0.39 is 0 Å². The maximum Gasteiger partial charge on any atom is 0.0897 e. The van der Waals surface area contributed by atoms with Crippen LogP contribution in [0.1, 0.15) is 40.4 Å². The van der Waals surface area contributed by atoms with Crippen molar-refractivity contribution in [1.82, 2.24) is 10.3 Å². The van der Waals surface area contributed by atoms with Crippen LogP contribution in [0.5, 0.6) is 0 Å². The van der Waals surface area contributed by atoms with E-state index in [0.717, 1.165) is 24.4 Å². The highest BCUT2D eigenvalue weighted by atomic mass is 32.1. The summed E-state index contributed by atoms with van der Waals surface area (Å²) < 4.78 is 0. The van der Waals surface area contributed by atoms with E-state index in [9.17, 15) is 0 Å². The van der Waals surface area contributed by atoms with Gasteiger partial charge in [-0.15, -0.1) is 11.3 Å². The minimum Gasteiger partial charge on any atom is -0.309 e. The van der Waals surface area contributed by atoms with Crippen LogP contribution >= 0.6 is 11.3 Å². The first kappa shape index (κ1) is 14.2. The maximum absolute atomic E-state index is 4.38. The van der Waals surface area contributed by atoms with Crippen LogP contribution < -0.4 is 5.32 Å². The van der Waals surface area contributed by atoms with Crippen molar-refractivity contribution in [3.63, 3.8) is 0 Å². The van der Waals surface area contributed by atoms with Gasteiger partial charge in [0.1, 0.15) is 0 Å². The molecule has 1 unspecified atom stereocenters. The van der Waals surface area contributed by atoms with Crippen molar-refractivity contribution in [3.8, 4) is 0 Å². The molecule has 2 aromatic rings. The minimum atomic E-state index is 0.383. The van der Waals surface area contributed by atoms with Gasteiger partial charge in [-0.2, -0.15) is 0 Å². The molecule has 2 rings (SSSR count). The molecule has 0 aliphatic rings. The molecule has 1 N–H and O–H groups in total. The molecule has 0 amide bonds. The molecule has 0 radical (unpaired) electrons. The number of rotatable bonds is 6. The zero-order valence-electron chi connectivity index (χ0n) is 11.9. The van der Waals surface area contributed by atoms with E-state index in [0.29, 0.717) is 6.04 Å². The lowest BCUT2D eigenvalue weighted by Crippen LogP contribution is -2.23. The molecule has 1 aromatic heterocycles. The van der Waals surface area contributed by atoms with Gasteiger partial charge in [-0.3, -0.25) is 0 Å². The Morgan fingerprint density at radius 1 is 1.21 bits per heavy atom. The van der Waals surface area contributed by atoms with Gasteiger partial charge in [0.05, 0.1) is 5.01 Å². The summed E-state index contributed by atoms with van der Waals surface area (Å²) in [5.74, 6) is 0. The smallest absolute Gasteiger partial charge is 0.0897 e. The van der Waals surface area contributed by atoms with Gasteiger partial charge in [0.15, 0.2) is 0 Å². The molecule has 3 heteroatoms. The van der Waals surface area contributed by atoms with Crippen LogP contribution in [-0.2, 0) is 6.42 Å². The molecule has 1 heterocycles. The normalized spacial score (nSPS) is 12.6. The van der Waals surface area contributed by atoms with E-state index in [1.807, 2.05) is 6.20 Å². The maximum atomic E-state index is 4.38. The number of aromatic nitrogens is 1. The highest BCUT2D eigenvalue weighted by Crippen LogP contribution is 2.24. The number of nitrogens with zero attached hydrogens (tertiary/aromatic N) is 1. The molecule has 19 heavy (non-hydrogen) atoms. The molecule has 0 aliphatic carbocycles. The third kappa shape index (κ3) is 4.15. The van der Waals surface area contributed by atoms with Gasteiger partial charge in [-0.05, 0) is 38.8 Å². The Labute approximate surface area is 119 Å². The summed E-state index contributed by atoms with van der Waals surface area (Å²) in [7, 11) is 0. The van der Waals surface area contributed by atoms with Gasteiger partial charge >= 0.3 is 0 Å². The summed E-state index contributed by atoms with van der Waals surface area (Å²) in [6.07, 6.45) is 4.20. The van der Waals surface area contributed by atoms with E-state index in [2.05, 4.69) is 55.3 Å². The van der Waals surface area contributed by atoms with E-state index in [-0.39, 0.29) is 0 Å². The van der Waals surface area contributed by atoms with Gasteiger partial charge in [-0.1, -0.05) is 36.8 Å². The molecule has 0 fully saturated rings.